The third-order valence-electron chi connectivity index (χ3n) is 9.84. The summed E-state index contributed by atoms with van der Waals surface area (Å²) in [5, 5.41) is 0. The molecule has 1 aromatic heterocycles. The molecule has 0 bridgehead atoms. The first-order valence-electron chi connectivity index (χ1n) is 14.4. The maximum Gasteiger partial charge on any atom is 0.0117 e. The summed E-state index contributed by atoms with van der Waals surface area (Å²) in [5.41, 5.74) is 3.98. The fourth-order valence-corrected chi connectivity index (χ4v) is 9.58. The third-order valence-corrected chi connectivity index (χ3v) is 11.4. The van der Waals surface area contributed by atoms with E-state index in [-0.39, 0.29) is 0 Å². The van der Waals surface area contributed by atoms with Gasteiger partial charge in [0.15, 0.2) is 0 Å². The van der Waals surface area contributed by atoms with Gasteiger partial charge in [-0.15, -0.1) is 11.3 Å². The van der Waals surface area contributed by atoms with Gasteiger partial charge < -0.3 is 0 Å². The summed E-state index contributed by atoms with van der Waals surface area (Å²) in [6, 6.07) is 0. The minimum Gasteiger partial charge on any atom is -0.144 e. The lowest BCUT2D eigenvalue weighted by Crippen LogP contribution is -2.17. The molecule has 5 rings (SSSR count). The second-order valence-corrected chi connectivity index (χ2v) is 13.3. The van der Waals surface area contributed by atoms with Crippen molar-refractivity contribution < 1.29 is 0 Å². The topological polar surface area (TPSA) is 0 Å². The van der Waals surface area contributed by atoms with E-state index < -0.39 is 0 Å². The molecular weight excluding hydrogens is 392 g/mol. The van der Waals surface area contributed by atoms with Crippen molar-refractivity contribution >= 4 is 11.3 Å². The summed E-state index contributed by atoms with van der Waals surface area (Å²) in [4.78, 5) is 3.88. The molecule has 174 valence electrons. The highest BCUT2D eigenvalue weighted by Gasteiger charge is 2.36. The van der Waals surface area contributed by atoms with Crippen molar-refractivity contribution in [2.24, 2.45) is 11.8 Å². The largest absolute Gasteiger partial charge is 0.144 e. The maximum absolute atomic E-state index is 2.49. The SMILES string of the molecule is CC1CCC(c2sc(C3CCC(C)CC3)c(C3CCCCC3)c2C2CCCCC2)CC1. The first-order chi connectivity index (χ1) is 15.2. The number of rotatable bonds is 4. The van der Waals surface area contributed by atoms with Crippen molar-refractivity contribution in [3.05, 3.63) is 20.9 Å². The molecule has 4 saturated carbocycles. The zero-order chi connectivity index (χ0) is 21.2. The molecule has 0 nitrogen and oxygen atoms in total. The Bertz CT molecular complexity index is 628. The van der Waals surface area contributed by atoms with Gasteiger partial charge in [-0.3, -0.25) is 0 Å². The standard InChI is InChI=1S/C30H48S/c1-21-13-17-25(18-14-21)29-27(23-9-5-3-6-10-23)28(24-11-7-4-8-12-24)30(31-29)26-19-15-22(2)16-20-26/h21-26H,3-20H2,1-2H3. The van der Waals surface area contributed by atoms with Crippen LogP contribution >= 0.6 is 11.3 Å². The Morgan fingerprint density at radius 1 is 0.419 bits per heavy atom. The van der Waals surface area contributed by atoms with Gasteiger partial charge in [0.1, 0.15) is 0 Å². The second kappa shape index (κ2) is 10.3. The summed E-state index contributed by atoms with van der Waals surface area (Å²) in [6.45, 7) is 4.99. The summed E-state index contributed by atoms with van der Waals surface area (Å²) in [5.74, 6) is 5.55. The van der Waals surface area contributed by atoms with Crippen LogP contribution in [0.1, 0.15) is 174 Å². The summed E-state index contributed by atoms with van der Waals surface area (Å²) in [6.07, 6.45) is 26.7. The molecule has 0 amide bonds. The molecule has 1 heteroatoms. The van der Waals surface area contributed by atoms with E-state index >= 15 is 0 Å². The Kier molecular flexibility index (Phi) is 7.48. The lowest BCUT2D eigenvalue weighted by molar-refractivity contribution is 0.344. The molecule has 0 aromatic carbocycles. The molecule has 0 saturated heterocycles. The summed E-state index contributed by atoms with van der Waals surface area (Å²) in [7, 11) is 0. The summed E-state index contributed by atoms with van der Waals surface area (Å²) >= 11 is 2.39. The predicted molar refractivity (Wildman–Crippen MR) is 137 cm³/mol. The average Bonchev–Trinajstić information content (AvgIpc) is 3.22. The van der Waals surface area contributed by atoms with Crippen molar-refractivity contribution in [3.63, 3.8) is 0 Å². The van der Waals surface area contributed by atoms with Gasteiger partial charge in [-0.2, -0.15) is 0 Å². The highest BCUT2D eigenvalue weighted by molar-refractivity contribution is 7.12. The van der Waals surface area contributed by atoms with Gasteiger partial charge in [0.2, 0.25) is 0 Å². The first-order valence-corrected chi connectivity index (χ1v) is 15.2. The molecule has 1 aromatic rings. The Hall–Kier alpha value is -0.300. The Morgan fingerprint density at radius 3 is 1.13 bits per heavy atom. The molecule has 4 aliphatic carbocycles. The Morgan fingerprint density at radius 2 is 0.774 bits per heavy atom. The Balaban J connectivity index is 1.56. The van der Waals surface area contributed by atoms with E-state index in [0.717, 1.165) is 35.5 Å². The molecule has 1 heterocycles. The first kappa shape index (κ1) is 22.5. The molecule has 0 aliphatic heterocycles. The molecule has 0 unspecified atom stereocenters. The lowest BCUT2D eigenvalue weighted by atomic mass is 9.71. The lowest BCUT2D eigenvalue weighted by Gasteiger charge is -2.33. The van der Waals surface area contributed by atoms with Crippen molar-refractivity contribution in [2.75, 3.05) is 0 Å². The third kappa shape index (κ3) is 4.97. The molecule has 0 spiro atoms. The smallest absolute Gasteiger partial charge is 0.0117 e. The molecule has 0 radical (unpaired) electrons. The second-order valence-electron chi connectivity index (χ2n) is 12.2. The molecule has 4 fully saturated rings. The van der Waals surface area contributed by atoms with Crippen LogP contribution in [-0.2, 0) is 0 Å². The van der Waals surface area contributed by atoms with Crippen molar-refractivity contribution in [2.45, 2.75) is 153 Å². The van der Waals surface area contributed by atoms with Crippen LogP contribution < -0.4 is 0 Å². The monoisotopic (exact) mass is 440 g/mol. The van der Waals surface area contributed by atoms with E-state index in [1.807, 2.05) is 20.9 Å². The molecule has 4 aliphatic rings. The van der Waals surface area contributed by atoms with E-state index in [4.69, 9.17) is 0 Å². The van der Waals surface area contributed by atoms with Crippen LogP contribution in [0.4, 0.5) is 0 Å². The van der Waals surface area contributed by atoms with Crippen LogP contribution in [0.5, 0.6) is 0 Å². The number of thiophene rings is 1. The number of hydrogen-bond acceptors (Lipinski definition) is 1. The van der Waals surface area contributed by atoms with Crippen molar-refractivity contribution in [1.29, 1.82) is 0 Å². The van der Waals surface area contributed by atoms with Crippen LogP contribution in [0.25, 0.3) is 0 Å². The fourth-order valence-electron chi connectivity index (χ4n) is 7.77. The van der Waals surface area contributed by atoms with Gasteiger partial charge in [0.05, 0.1) is 0 Å². The molecule has 0 atom stereocenters. The van der Waals surface area contributed by atoms with Crippen LogP contribution in [-0.4, -0.2) is 0 Å². The minimum atomic E-state index is 0.900. The predicted octanol–water partition coefficient (Wildman–Crippen LogP) is 10.4. The van der Waals surface area contributed by atoms with E-state index in [1.165, 1.54) is 116 Å². The van der Waals surface area contributed by atoms with Crippen LogP contribution in [0, 0.1) is 11.8 Å². The van der Waals surface area contributed by atoms with Gasteiger partial charge in [-0.1, -0.05) is 78.1 Å². The van der Waals surface area contributed by atoms with Crippen LogP contribution in [0.2, 0.25) is 0 Å². The van der Waals surface area contributed by atoms with E-state index in [9.17, 15) is 0 Å². The van der Waals surface area contributed by atoms with Gasteiger partial charge in [0, 0.05) is 9.75 Å². The van der Waals surface area contributed by atoms with Gasteiger partial charge >= 0.3 is 0 Å². The molecule has 31 heavy (non-hydrogen) atoms. The minimum absolute atomic E-state index is 0.900. The van der Waals surface area contributed by atoms with Crippen molar-refractivity contribution in [1.82, 2.24) is 0 Å². The van der Waals surface area contributed by atoms with Crippen LogP contribution in [0.15, 0.2) is 0 Å². The van der Waals surface area contributed by atoms with Gasteiger partial charge in [-0.05, 0) is 98.0 Å². The Labute approximate surface area is 197 Å². The number of hydrogen-bond donors (Lipinski definition) is 0. The quantitative estimate of drug-likeness (QED) is 0.436. The molecule has 0 N–H and O–H groups in total. The van der Waals surface area contributed by atoms with Gasteiger partial charge in [0.25, 0.3) is 0 Å². The van der Waals surface area contributed by atoms with Crippen LogP contribution in [0.3, 0.4) is 0 Å². The average molecular weight is 441 g/mol. The highest BCUT2D eigenvalue weighted by Crippen LogP contribution is 2.55. The summed E-state index contributed by atoms with van der Waals surface area (Å²) < 4.78 is 0. The fraction of sp³-hybridized carbons (Fsp3) is 0.867. The normalized spacial score (nSPS) is 34.1. The van der Waals surface area contributed by atoms with Gasteiger partial charge in [-0.25, -0.2) is 0 Å². The van der Waals surface area contributed by atoms with E-state index in [2.05, 4.69) is 25.2 Å². The highest BCUT2D eigenvalue weighted by atomic mass is 32.1. The zero-order valence-electron chi connectivity index (χ0n) is 20.6. The zero-order valence-corrected chi connectivity index (χ0v) is 21.4. The maximum atomic E-state index is 2.49. The van der Waals surface area contributed by atoms with E-state index in [0.29, 0.717) is 0 Å². The van der Waals surface area contributed by atoms with E-state index in [1.54, 1.807) is 0 Å². The molecular formula is C30H48S. The van der Waals surface area contributed by atoms with Crippen molar-refractivity contribution in [3.8, 4) is 0 Å².